The normalized spacial score (nSPS) is 13.5. The smallest absolute Gasteiger partial charge is 0.256 e. The molecule has 0 saturated carbocycles. The lowest BCUT2D eigenvalue weighted by Crippen LogP contribution is -2.31. The Bertz CT molecular complexity index is 829. The second kappa shape index (κ2) is 10.8. The van der Waals surface area contributed by atoms with Gasteiger partial charge < -0.3 is 24.3 Å². The van der Waals surface area contributed by atoms with Crippen molar-refractivity contribution in [1.82, 2.24) is 4.90 Å². The minimum Gasteiger partial charge on any atom is -0.467 e. The summed E-state index contributed by atoms with van der Waals surface area (Å²) in [5, 5.41) is 2.81. The highest BCUT2D eigenvalue weighted by atomic mass is 16.5. The number of likely N-dealkylation sites (tertiary alicyclic amines) is 1. The van der Waals surface area contributed by atoms with Crippen LogP contribution in [0.3, 0.4) is 0 Å². The summed E-state index contributed by atoms with van der Waals surface area (Å²) < 4.78 is 10.5. The molecule has 1 aliphatic rings. The van der Waals surface area contributed by atoms with Gasteiger partial charge in [0.25, 0.3) is 5.91 Å². The van der Waals surface area contributed by atoms with E-state index in [1.807, 2.05) is 29.2 Å². The molecular weight excluding hydrogens is 382 g/mol. The number of carbonyl (C=O) groups excluding carboxylic acids is 2. The van der Waals surface area contributed by atoms with Gasteiger partial charge in [0, 0.05) is 32.4 Å². The van der Waals surface area contributed by atoms with Gasteiger partial charge in [-0.2, -0.15) is 0 Å². The summed E-state index contributed by atoms with van der Waals surface area (Å²) in [6, 6.07) is 9.36. The van der Waals surface area contributed by atoms with E-state index >= 15 is 0 Å². The number of hydrogen-bond donors (Lipinski definition) is 1. The lowest BCUT2D eigenvalue weighted by molar-refractivity contribution is -0.119. The predicted octanol–water partition coefficient (Wildman–Crippen LogP) is 3.91. The Balaban J connectivity index is 1.94. The van der Waals surface area contributed by atoms with Crippen molar-refractivity contribution in [3.05, 3.63) is 47.9 Å². The molecule has 0 unspecified atom stereocenters. The number of nitrogens with zero attached hydrogens (tertiary/aromatic N) is 2. The highest BCUT2D eigenvalue weighted by Crippen LogP contribution is 2.29. The second-order valence-corrected chi connectivity index (χ2v) is 7.57. The van der Waals surface area contributed by atoms with Crippen LogP contribution in [-0.4, -0.2) is 50.1 Å². The van der Waals surface area contributed by atoms with Crippen molar-refractivity contribution in [2.45, 2.75) is 39.2 Å². The van der Waals surface area contributed by atoms with Crippen LogP contribution in [0.25, 0.3) is 0 Å². The zero-order valence-corrected chi connectivity index (χ0v) is 17.9. The number of anilines is 2. The van der Waals surface area contributed by atoms with Crippen molar-refractivity contribution in [3.8, 4) is 0 Å². The largest absolute Gasteiger partial charge is 0.467 e. The molecule has 1 saturated heterocycles. The number of furan rings is 1. The molecule has 1 aromatic carbocycles. The molecule has 0 spiro atoms. The maximum atomic E-state index is 13.4. The van der Waals surface area contributed by atoms with Crippen LogP contribution in [0.4, 0.5) is 11.4 Å². The molecule has 7 nitrogen and oxygen atoms in total. The molecule has 0 atom stereocenters. The Labute approximate surface area is 178 Å². The van der Waals surface area contributed by atoms with Gasteiger partial charge in [0.1, 0.15) is 12.4 Å². The number of benzene rings is 1. The van der Waals surface area contributed by atoms with Gasteiger partial charge in [-0.25, -0.2) is 0 Å². The van der Waals surface area contributed by atoms with Crippen LogP contribution in [0, 0.1) is 0 Å². The standard InChI is InChI=1S/C23H31N3O4/c1-3-4-11-26(16-19-8-7-14-30-19)21-10-9-18(24-22(27)17-29-2)15-20(21)23(28)25-12-5-6-13-25/h7-10,14-15H,3-6,11-13,16-17H2,1-2H3,(H,24,27). The number of unbranched alkanes of at least 4 members (excludes halogenated alkanes) is 1. The maximum absolute atomic E-state index is 13.4. The molecule has 162 valence electrons. The number of nitrogens with one attached hydrogen (secondary N) is 1. The highest BCUT2D eigenvalue weighted by molar-refractivity contribution is 6.02. The van der Waals surface area contributed by atoms with Crippen LogP contribution in [0.2, 0.25) is 0 Å². The van der Waals surface area contributed by atoms with Crippen LogP contribution in [-0.2, 0) is 16.1 Å². The van der Waals surface area contributed by atoms with E-state index in [4.69, 9.17) is 9.15 Å². The molecule has 1 aromatic heterocycles. The Kier molecular flexibility index (Phi) is 7.90. The third-order valence-electron chi connectivity index (χ3n) is 5.23. The van der Waals surface area contributed by atoms with E-state index in [2.05, 4.69) is 17.1 Å². The Morgan fingerprint density at radius 3 is 2.70 bits per heavy atom. The molecule has 0 aliphatic carbocycles. The van der Waals surface area contributed by atoms with Crippen molar-refractivity contribution < 1.29 is 18.7 Å². The van der Waals surface area contributed by atoms with Gasteiger partial charge in [-0.3, -0.25) is 9.59 Å². The topological polar surface area (TPSA) is 75.0 Å². The maximum Gasteiger partial charge on any atom is 0.256 e. The molecule has 2 amide bonds. The number of methoxy groups -OCH3 is 1. The summed E-state index contributed by atoms with van der Waals surface area (Å²) in [5.74, 6) is 0.609. The van der Waals surface area contributed by atoms with Crippen LogP contribution < -0.4 is 10.2 Å². The molecule has 1 aliphatic heterocycles. The average molecular weight is 414 g/mol. The van der Waals surface area contributed by atoms with E-state index in [9.17, 15) is 9.59 Å². The monoisotopic (exact) mass is 413 g/mol. The lowest BCUT2D eigenvalue weighted by Gasteiger charge is -2.28. The first-order chi connectivity index (χ1) is 14.6. The Hall–Kier alpha value is -2.80. The summed E-state index contributed by atoms with van der Waals surface area (Å²) in [4.78, 5) is 29.4. The molecule has 1 fully saturated rings. The molecule has 1 N–H and O–H groups in total. The van der Waals surface area contributed by atoms with Gasteiger partial charge in [-0.1, -0.05) is 13.3 Å². The number of amides is 2. The van der Waals surface area contributed by atoms with E-state index in [1.54, 1.807) is 12.3 Å². The van der Waals surface area contributed by atoms with Crippen LogP contribution in [0.1, 0.15) is 48.7 Å². The Morgan fingerprint density at radius 2 is 2.03 bits per heavy atom. The third kappa shape index (κ3) is 5.63. The summed E-state index contributed by atoms with van der Waals surface area (Å²) in [5.41, 5.74) is 2.06. The first kappa shape index (κ1) is 21.9. The van der Waals surface area contributed by atoms with Crippen molar-refractivity contribution in [1.29, 1.82) is 0 Å². The van der Waals surface area contributed by atoms with Crippen LogP contribution in [0.5, 0.6) is 0 Å². The zero-order valence-electron chi connectivity index (χ0n) is 17.9. The van der Waals surface area contributed by atoms with Crippen molar-refractivity contribution in [3.63, 3.8) is 0 Å². The molecule has 3 rings (SSSR count). The zero-order chi connectivity index (χ0) is 21.3. The first-order valence-electron chi connectivity index (χ1n) is 10.6. The van der Waals surface area contributed by atoms with Crippen molar-refractivity contribution >= 4 is 23.2 Å². The first-order valence-corrected chi connectivity index (χ1v) is 10.6. The second-order valence-electron chi connectivity index (χ2n) is 7.57. The summed E-state index contributed by atoms with van der Waals surface area (Å²) in [6.07, 6.45) is 5.77. The third-order valence-corrected chi connectivity index (χ3v) is 5.23. The lowest BCUT2D eigenvalue weighted by atomic mass is 10.1. The SMILES string of the molecule is CCCCN(Cc1ccco1)c1ccc(NC(=O)COC)cc1C(=O)N1CCCC1. The van der Waals surface area contributed by atoms with Crippen molar-refractivity contribution in [2.75, 3.05) is 43.6 Å². The van der Waals surface area contributed by atoms with Crippen molar-refractivity contribution in [2.24, 2.45) is 0 Å². The summed E-state index contributed by atoms with van der Waals surface area (Å²) in [6.45, 7) is 5.06. The highest BCUT2D eigenvalue weighted by Gasteiger charge is 2.25. The van der Waals surface area contributed by atoms with Gasteiger partial charge in [0.2, 0.25) is 5.91 Å². The fourth-order valence-electron chi connectivity index (χ4n) is 3.70. The molecular formula is C23H31N3O4. The van der Waals surface area contributed by atoms with E-state index in [-0.39, 0.29) is 18.4 Å². The minimum atomic E-state index is -0.247. The summed E-state index contributed by atoms with van der Waals surface area (Å²) in [7, 11) is 1.48. The molecule has 0 bridgehead atoms. The molecule has 0 radical (unpaired) electrons. The fraction of sp³-hybridized carbons (Fsp3) is 0.478. The number of carbonyl (C=O) groups is 2. The van der Waals surface area contributed by atoms with Gasteiger partial charge in [-0.05, 0) is 49.6 Å². The molecule has 30 heavy (non-hydrogen) atoms. The van der Waals surface area contributed by atoms with E-state index in [0.29, 0.717) is 17.8 Å². The van der Waals surface area contributed by atoms with Gasteiger partial charge in [0.15, 0.2) is 0 Å². The Morgan fingerprint density at radius 1 is 1.23 bits per heavy atom. The molecule has 2 aromatic rings. The van der Waals surface area contributed by atoms with Gasteiger partial charge >= 0.3 is 0 Å². The van der Waals surface area contributed by atoms with Crippen LogP contribution in [0.15, 0.2) is 41.0 Å². The summed E-state index contributed by atoms with van der Waals surface area (Å²) >= 11 is 0. The molecule has 2 heterocycles. The average Bonchev–Trinajstić information content (AvgIpc) is 3.45. The van der Waals surface area contributed by atoms with Gasteiger partial charge in [-0.15, -0.1) is 0 Å². The predicted molar refractivity (Wildman–Crippen MR) is 117 cm³/mol. The number of hydrogen-bond acceptors (Lipinski definition) is 5. The fourth-order valence-corrected chi connectivity index (χ4v) is 3.70. The van der Waals surface area contributed by atoms with E-state index in [0.717, 1.165) is 56.8 Å². The van der Waals surface area contributed by atoms with E-state index in [1.165, 1.54) is 7.11 Å². The minimum absolute atomic E-state index is 0.00582. The van der Waals surface area contributed by atoms with Crippen LogP contribution >= 0.6 is 0 Å². The number of rotatable bonds is 10. The molecule has 7 heteroatoms. The van der Waals surface area contributed by atoms with E-state index < -0.39 is 0 Å². The quantitative estimate of drug-likeness (QED) is 0.639. The van der Waals surface area contributed by atoms with Gasteiger partial charge in [0.05, 0.1) is 24.1 Å². The number of ether oxygens (including phenoxy) is 1.